The van der Waals surface area contributed by atoms with Gasteiger partial charge in [-0.05, 0) is 36.4 Å². The topological polar surface area (TPSA) is 61.4 Å². The quantitative estimate of drug-likeness (QED) is 0.749. The second-order valence-corrected chi connectivity index (χ2v) is 7.86. The molecule has 0 saturated carbocycles. The third-order valence-corrected chi connectivity index (χ3v) is 4.12. The molecule has 2 amide bonds. The zero-order valence-corrected chi connectivity index (χ0v) is 16.9. The lowest BCUT2D eigenvalue weighted by atomic mass is 9.95. The molecule has 5 nitrogen and oxygen atoms in total. The van der Waals surface area contributed by atoms with Gasteiger partial charge in [0.25, 0.3) is 5.91 Å². The Bertz CT molecular complexity index is 916. The molecule has 0 fully saturated rings. The van der Waals surface area contributed by atoms with Gasteiger partial charge in [0.1, 0.15) is 0 Å². The predicted molar refractivity (Wildman–Crippen MR) is 108 cm³/mol. The molecule has 0 aliphatic rings. The van der Waals surface area contributed by atoms with E-state index in [0.717, 1.165) is 12.1 Å². The van der Waals surface area contributed by atoms with Crippen molar-refractivity contribution >= 4 is 28.9 Å². The molecule has 0 saturated heterocycles. The number of rotatable bonds is 4. The van der Waals surface area contributed by atoms with Crippen molar-refractivity contribution in [2.75, 3.05) is 29.6 Å². The van der Waals surface area contributed by atoms with Crippen LogP contribution in [0.25, 0.3) is 0 Å². The zero-order chi connectivity index (χ0) is 22.0. The van der Waals surface area contributed by atoms with Crippen LogP contribution in [0.2, 0.25) is 0 Å². The summed E-state index contributed by atoms with van der Waals surface area (Å²) in [5.74, 6) is -0.804. The highest BCUT2D eigenvalue weighted by atomic mass is 19.4. The molecule has 156 valence electrons. The van der Waals surface area contributed by atoms with Crippen LogP contribution in [0.1, 0.15) is 36.7 Å². The second kappa shape index (κ2) is 8.14. The Morgan fingerprint density at radius 3 is 2.14 bits per heavy atom. The predicted octanol–water partition coefficient (Wildman–Crippen LogP) is 5.01. The molecular weight excluding hydrogens is 383 g/mol. The molecule has 0 radical (unpaired) electrons. The Morgan fingerprint density at radius 1 is 0.931 bits per heavy atom. The number of anilines is 3. The van der Waals surface area contributed by atoms with Crippen molar-refractivity contribution < 1.29 is 22.8 Å². The summed E-state index contributed by atoms with van der Waals surface area (Å²) < 4.78 is 39.2. The third kappa shape index (κ3) is 5.73. The lowest BCUT2D eigenvalue weighted by Gasteiger charge is -2.20. The van der Waals surface area contributed by atoms with E-state index in [1.165, 1.54) is 18.2 Å². The van der Waals surface area contributed by atoms with Crippen LogP contribution in [-0.2, 0) is 11.0 Å². The molecular formula is C21H24F3N3O2. The molecule has 8 heteroatoms. The van der Waals surface area contributed by atoms with E-state index in [0.29, 0.717) is 11.4 Å². The van der Waals surface area contributed by atoms with Crippen LogP contribution in [0.3, 0.4) is 0 Å². The van der Waals surface area contributed by atoms with Gasteiger partial charge in [-0.15, -0.1) is 0 Å². The van der Waals surface area contributed by atoms with E-state index >= 15 is 0 Å². The summed E-state index contributed by atoms with van der Waals surface area (Å²) >= 11 is 0. The number of nitrogens with zero attached hydrogens (tertiary/aromatic N) is 1. The molecule has 2 rings (SSSR count). The van der Waals surface area contributed by atoms with Gasteiger partial charge in [-0.1, -0.05) is 26.8 Å². The van der Waals surface area contributed by atoms with Crippen LogP contribution in [0, 0.1) is 5.41 Å². The maximum Gasteiger partial charge on any atom is 0.416 e. The van der Waals surface area contributed by atoms with E-state index in [9.17, 15) is 22.8 Å². The van der Waals surface area contributed by atoms with Gasteiger partial charge in [-0.2, -0.15) is 13.2 Å². The number of benzene rings is 2. The summed E-state index contributed by atoms with van der Waals surface area (Å²) in [7, 11) is 3.34. The minimum Gasteiger partial charge on any atom is -0.376 e. The molecule has 0 heterocycles. The van der Waals surface area contributed by atoms with Gasteiger partial charge in [0.15, 0.2) is 0 Å². The van der Waals surface area contributed by atoms with Gasteiger partial charge in [-0.25, -0.2) is 0 Å². The number of hydrogen-bond donors (Lipinski definition) is 2. The fourth-order valence-corrected chi connectivity index (χ4v) is 2.45. The highest BCUT2D eigenvalue weighted by Gasteiger charge is 2.31. The zero-order valence-electron chi connectivity index (χ0n) is 16.9. The average molecular weight is 407 g/mol. The first-order valence-corrected chi connectivity index (χ1v) is 8.90. The molecule has 0 unspecified atom stereocenters. The van der Waals surface area contributed by atoms with Gasteiger partial charge in [0.05, 0.1) is 16.9 Å². The number of carbonyl (C=O) groups excluding carboxylic acids is 2. The summed E-state index contributed by atoms with van der Waals surface area (Å²) in [4.78, 5) is 26.4. The smallest absolute Gasteiger partial charge is 0.376 e. The second-order valence-electron chi connectivity index (χ2n) is 7.86. The molecule has 0 atom stereocenters. The van der Waals surface area contributed by atoms with E-state index in [-0.39, 0.29) is 17.2 Å². The number of hydrogen-bond acceptors (Lipinski definition) is 3. The van der Waals surface area contributed by atoms with Crippen molar-refractivity contribution in [3.8, 4) is 0 Å². The lowest BCUT2D eigenvalue weighted by molar-refractivity contribution is -0.137. The summed E-state index contributed by atoms with van der Waals surface area (Å²) in [5.41, 5.74) is -0.364. The molecule has 2 aromatic rings. The fourth-order valence-electron chi connectivity index (χ4n) is 2.45. The largest absolute Gasteiger partial charge is 0.416 e. The number of carbonyl (C=O) groups is 2. The van der Waals surface area contributed by atoms with Crippen molar-refractivity contribution in [2.45, 2.75) is 26.9 Å². The number of halogens is 3. The van der Waals surface area contributed by atoms with Crippen LogP contribution in [0.5, 0.6) is 0 Å². The minimum atomic E-state index is -4.53. The summed E-state index contributed by atoms with van der Waals surface area (Å²) in [6, 6.07) is 9.39. The summed E-state index contributed by atoms with van der Waals surface area (Å²) in [6.07, 6.45) is -4.53. The first-order valence-electron chi connectivity index (χ1n) is 8.90. The van der Waals surface area contributed by atoms with Gasteiger partial charge >= 0.3 is 6.18 Å². The van der Waals surface area contributed by atoms with Crippen molar-refractivity contribution in [1.29, 1.82) is 0 Å². The third-order valence-electron chi connectivity index (χ3n) is 4.12. The standard InChI is InChI=1S/C21H24F3N3O2/c1-20(2,3)19(29)25-15-8-6-7-13(11-15)18(28)26-16-12-14(21(22,23)24)9-10-17(16)27(4)5/h6-12H,1-5H3,(H,25,29)(H,26,28). The van der Waals surface area contributed by atoms with Crippen LogP contribution in [0.15, 0.2) is 42.5 Å². The maximum atomic E-state index is 13.1. The molecule has 0 aliphatic heterocycles. The van der Waals surface area contributed by atoms with E-state index in [4.69, 9.17) is 0 Å². The Morgan fingerprint density at radius 2 is 1.59 bits per heavy atom. The SMILES string of the molecule is CN(C)c1ccc(C(F)(F)F)cc1NC(=O)c1cccc(NC(=O)C(C)(C)C)c1. The molecule has 0 aromatic heterocycles. The van der Waals surface area contributed by atoms with Crippen molar-refractivity contribution in [3.63, 3.8) is 0 Å². The lowest BCUT2D eigenvalue weighted by Crippen LogP contribution is -2.27. The summed E-state index contributed by atoms with van der Waals surface area (Å²) in [6.45, 7) is 5.28. The molecule has 0 aliphatic carbocycles. The van der Waals surface area contributed by atoms with Crippen molar-refractivity contribution in [1.82, 2.24) is 0 Å². The number of nitrogens with one attached hydrogen (secondary N) is 2. The molecule has 0 spiro atoms. The normalized spacial score (nSPS) is 11.7. The van der Waals surface area contributed by atoms with Crippen molar-refractivity contribution in [3.05, 3.63) is 53.6 Å². The molecule has 0 bridgehead atoms. The van der Waals surface area contributed by atoms with Crippen molar-refractivity contribution in [2.24, 2.45) is 5.41 Å². The number of alkyl halides is 3. The highest BCUT2D eigenvalue weighted by Crippen LogP contribution is 2.35. The van der Waals surface area contributed by atoms with Crippen LogP contribution in [-0.4, -0.2) is 25.9 Å². The highest BCUT2D eigenvalue weighted by molar-refractivity contribution is 6.07. The van der Waals surface area contributed by atoms with Crippen LogP contribution in [0.4, 0.5) is 30.2 Å². The maximum absolute atomic E-state index is 13.1. The first-order chi connectivity index (χ1) is 13.3. The molecule has 2 aromatic carbocycles. The average Bonchev–Trinajstić information content (AvgIpc) is 2.60. The van der Waals surface area contributed by atoms with Gasteiger partial charge in [-0.3, -0.25) is 9.59 Å². The monoisotopic (exact) mass is 407 g/mol. The Balaban J connectivity index is 2.30. The van der Waals surface area contributed by atoms with E-state index < -0.39 is 23.1 Å². The van der Waals surface area contributed by atoms with E-state index in [2.05, 4.69) is 10.6 Å². The van der Waals surface area contributed by atoms with Gasteiger partial charge in [0, 0.05) is 30.8 Å². The molecule has 2 N–H and O–H groups in total. The molecule has 29 heavy (non-hydrogen) atoms. The fraction of sp³-hybridized carbons (Fsp3) is 0.333. The minimum absolute atomic E-state index is 0.0407. The van der Waals surface area contributed by atoms with E-state index in [1.54, 1.807) is 51.9 Å². The number of amides is 2. The Labute approximate surface area is 167 Å². The Kier molecular flexibility index (Phi) is 6.25. The first kappa shape index (κ1) is 22.3. The van der Waals surface area contributed by atoms with Crippen LogP contribution < -0.4 is 15.5 Å². The van der Waals surface area contributed by atoms with Gasteiger partial charge in [0.2, 0.25) is 5.91 Å². The summed E-state index contributed by atoms with van der Waals surface area (Å²) in [5, 5.41) is 5.26. The van der Waals surface area contributed by atoms with Crippen LogP contribution >= 0.6 is 0 Å². The van der Waals surface area contributed by atoms with Gasteiger partial charge < -0.3 is 15.5 Å². The van der Waals surface area contributed by atoms with E-state index in [1.807, 2.05) is 0 Å². The Hall–Kier alpha value is -3.03.